The summed E-state index contributed by atoms with van der Waals surface area (Å²) in [5, 5.41) is 0. The second-order valence-electron chi connectivity index (χ2n) is 5.44. The van der Waals surface area contributed by atoms with Gasteiger partial charge in [0.25, 0.3) is 0 Å². The Hall–Kier alpha value is -1.55. The summed E-state index contributed by atoms with van der Waals surface area (Å²) in [5.74, 6) is 0.167. The van der Waals surface area contributed by atoms with Gasteiger partial charge in [-0.2, -0.15) is 0 Å². The minimum absolute atomic E-state index is 0.0184. The van der Waals surface area contributed by atoms with E-state index in [1.165, 1.54) is 0 Å². The van der Waals surface area contributed by atoms with Crippen molar-refractivity contribution >= 4 is 5.97 Å². The predicted octanol–water partition coefficient (Wildman–Crippen LogP) is 2.56. The molecule has 4 heteroatoms. The maximum atomic E-state index is 11.8. The third-order valence-electron chi connectivity index (χ3n) is 2.97. The highest BCUT2D eigenvalue weighted by molar-refractivity contribution is 5.78. The highest BCUT2D eigenvalue weighted by Crippen LogP contribution is 2.31. The Morgan fingerprint density at radius 2 is 2.00 bits per heavy atom. The van der Waals surface area contributed by atoms with E-state index in [1.807, 2.05) is 18.2 Å². The molecule has 0 aromatic heterocycles. The van der Waals surface area contributed by atoms with Crippen molar-refractivity contribution in [3.05, 3.63) is 29.3 Å². The average Bonchev–Trinajstić information content (AvgIpc) is 2.36. The summed E-state index contributed by atoms with van der Waals surface area (Å²) in [4.78, 5) is 11.8. The quantitative estimate of drug-likeness (QED) is 0.850. The van der Waals surface area contributed by atoms with Gasteiger partial charge in [0.05, 0.1) is 13.7 Å². The topological polar surface area (TPSA) is 61.5 Å². The van der Waals surface area contributed by atoms with Crippen LogP contribution in [0.3, 0.4) is 0 Å². The molecule has 1 aromatic carbocycles. The van der Waals surface area contributed by atoms with Crippen LogP contribution in [0.1, 0.15) is 44.9 Å². The van der Waals surface area contributed by atoms with E-state index in [-0.39, 0.29) is 5.41 Å². The van der Waals surface area contributed by atoms with Crippen LogP contribution in [0, 0.1) is 0 Å². The van der Waals surface area contributed by atoms with Gasteiger partial charge in [0.2, 0.25) is 0 Å². The van der Waals surface area contributed by atoms with Crippen LogP contribution >= 0.6 is 0 Å². The van der Waals surface area contributed by atoms with E-state index in [1.54, 1.807) is 14.0 Å². The Kier molecular flexibility index (Phi) is 4.95. The molecule has 0 fully saturated rings. The first kappa shape index (κ1) is 15.5. The summed E-state index contributed by atoms with van der Waals surface area (Å²) in [6.45, 7) is 8.39. The molecule has 1 aromatic rings. The van der Waals surface area contributed by atoms with Crippen LogP contribution < -0.4 is 10.5 Å². The van der Waals surface area contributed by atoms with Gasteiger partial charge in [0.1, 0.15) is 11.8 Å². The van der Waals surface area contributed by atoms with Crippen LogP contribution in [0.4, 0.5) is 0 Å². The highest BCUT2D eigenvalue weighted by Gasteiger charge is 2.23. The van der Waals surface area contributed by atoms with Gasteiger partial charge in [-0.15, -0.1) is 0 Å². The average molecular weight is 265 g/mol. The van der Waals surface area contributed by atoms with Gasteiger partial charge < -0.3 is 15.2 Å². The van der Waals surface area contributed by atoms with Gasteiger partial charge in [-0.25, -0.2) is 4.79 Å². The Balaban J connectivity index is 3.19. The van der Waals surface area contributed by atoms with Crippen molar-refractivity contribution in [1.82, 2.24) is 0 Å². The molecule has 0 aliphatic rings. The van der Waals surface area contributed by atoms with E-state index in [0.717, 1.165) is 5.56 Å². The first-order valence-electron chi connectivity index (χ1n) is 6.42. The minimum atomic E-state index is -0.822. The summed E-state index contributed by atoms with van der Waals surface area (Å²) >= 11 is 0. The molecule has 4 nitrogen and oxygen atoms in total. The fourth-order valence-electron chi connectivity index (χ4n) is 1.80. The molecule has 1 unspecified atom stereocenters. The van der Waals surface area contributed by atoms with Gasteiger partial charge in [-0.1, -0.05) is 26.8 Å². The van der Waals surface area contributed by atoms with Crippen molar-refractivity contribution < 1.29 is 14.3 Å². The van der Waals surface area contributed by atoms with Crippen LogP contribution in [0.5, 0.6) is 5.75 Å². The van der Waals surface area contributed by atoms with E-state index < -0.39 is 12.0 Å². The van der Waals surface area contributed by atoms with Crippen LogP contribution in [0.15, 0.2) is 18.2 Å². The lowest BCUT2D eigenvalue weighted by Crippen LogP contribution is -2.25. The zero-order chi connectivity index (χ0) is 14.6. The van der Waals surface area contributed by atoms with Crippen molar-refractivity contribution in [3.63, 3.8) is 0 Å². The number of ether oxygens (including phenoxy) is 2. The fraction of sp³-hybridized carbons (Fsp3) is 0.533. The molecule has 0 amide bonds. The molecule has 2 N–H and O–H groups in total. The van der Waals surface area contributed by atoms with E-state index >= 15 is 0 Å². The van der Waals surface area contributed by atoms with E-state index in [9.17, 15) is 4.79 Å². The van der Waals surface area contributed by atoms with Crippen LogP contribution in [-0.2, 0) is 14.9 Å². The number of methoxy groups -OCH3 is 1. The van der Waals surface area contributed by atoms with Crippen molar-refractivity contribution in [3.8, 4) is 5.75 Å². The molecule has 0 saturated carbocycles. The Morgan fingerprint density at radius 3 is 2.47 bits per heavy atom. The molecule has 1 rings (SSSR count). The molecular weight excluding hydrogens is 242 g/mol. The Bertz CT molecular complexity index is 449. The number of hydrogen-bond donors (Lipinski definition) is 1. The summed E-state index contributed by atoms with van der Waals surface area (Å²) < 4.78 is 10.2. The third kappa shape index (κ3) is 3.70. The molecule has 1 atom stereocenters. The van der Waals surface area contributed by atoms with Crippen LogP contribution in [-0.4, -0.2) is 19.7 Å². The second kappa shape index (κ2) is 6.06. The summed E-state index contributed by atoms with van der Waals surface area (Å²) in [6, 6.07) is 4.92. The lowest BCUT2D eigenvalue weighted by molar-refractivity contribution is -0.144. The number of hydrogen-bond acceptors (Lipinski definition) is 4. The number of nitrogens with two attached hydrogens (primary N) is 1. The molecule has 0 heterocycles. The molecule has 0 bridgehead atoms. The van der Waals surface area contributed by atoms with Crippen LogP contribution in [0.2, 0.25) is 0 Å². The first-order chi connectivity index (χ1) is 8.81. The van der Waals surface area contributed by atoms with Crippen molar-refractivity contribution in [2.45, 2.75) is 39.2 Å². The number of esters is 1. The van der Waals surface area contributed by atoms with Crippen molar-refractivity contribution in [1.29, 1.82) is 0 Å². The zero-order valence-electron chi connectivity index (χ0n) is 12.3. The maximum absolute atomic E-state index is 11.8. The largest absolute Gasteiger partial charge is 0.496 e. The number of rotatable bonds is 4. The minimum Gasteiger partial charge on any atom is -0.496 e. The fourth-order valence-corrected chi connectivity index (χ4v) is 1.80. The number of carbonyl (C=O) groups is 1. The monoisotopic (exact) mass is 265 g/mol. The van der Waals surface area contributed by atoms with Crippen molar-refractivity contribution in [2.24, 2.45) is 5.73 Å². The summed E-state index contributed by atoms with van der Waals surface area (Å²) in [6.07, 6.45) is 0. The summed E-state index contributed by atoms with van der Waals surface area (Å²) in [5.41, 5.74) is 7.70. The lowest BCUT2D eigenvalue weighted by Gasteiger charge is -2.22. The van der Waals surface area contributed by atoms with E-state index in [2.05, 4.69) is 20.8 Å². The molecule has 0 aliphatic carbocycles. The van der Waals surface area contributed by atoms with E-state index in [4.69, 9.17) is 15.2 Å². The molecule has 19 heavy (non-hydrogen) atoms. The molecule has 0 radical (unpaired) electrons. The Morgan fingerprint density at radius 1 is 1.37 bits per heavy atom. The lowest BCUT2D eigenvalue weighted by atomic mass is 9.85. The SMILES string of the molecule is CCOC(=O)C(N)c1cc(C(C)(C)C)ccc1OC. The van der Waals surface area contributed by atoms with E-state index in [0.29, 0.717) is 17.9 Å². The zero-order valence-corrected chi connectivity index (χ0v) is 12.3. The molecule has 0 saturated heterocycles. The van der Waals surface area contributed by atoms with Gasteiger partial charge in [0.15, 0.2) is 0 Å². The normalized spacial score (nSPS) is 12.9. The molecule has 0 aliphatic heterocycles. The van der Waals surface area contributed by atoms with Crippen LogP contribution in [0.25, 0.3) is 0 Å². The van der Waals surface area contributed by atoms with Gasteiger partial charge in [-0.05, 0) is 30.0 Å². The van der Waals surface area contributed by atoms with Gasteiger partial charge in [0, 0.05) is 5.56 Å². The third-order valence-corrected chi connectivity index (χ3v) is 2.97. The molecule has 0 spiro atoms. The maximum Gasteiger partial charge on any atom is 0.327 e. The van der Waals surface area contributed by atoms with Gasteiger partial charge >= 0.3 is 5.97 Å². The van der Waals surface area contributed by atoms with Gasteiger partial charge in [-0.3, -0.25) is 0 Å². The summed E-state index contributed by atoms with van der Waals surface area (Å²) in [7, 11) is 1.56. The standard InChI is InChI=1S/C15H23NO3/c1-6-19-14(17)13(16)11-9-10(15(2,3)4)7-8-12(11)18-5/h7-9,13H,6,16H2,1-5H3. The number of carbonyl (C=O) groups excluding carboxylic acids is 1. The van der Waals surface area contributed by atoms with Crippen molar-refractivity contribution in [2.75, 3.05) is 13.7 Å². The smallest absolute Gasteiger partial charge is 0.327 e. The molecule has 106 valence electrons. The number of benzene rings is 1. The first-order valence-corrected chi connectivity index (χ1v) is 6.42. The predicted molar refractivity (Wildman–Crippen MR) is 75.3 cm³/mol. The Labute approximate surface area is 114 Å². The molecular formula is C15H23NO3. The second-order valence-corrected chi connectivity index (χ2v) is 5.44. The highest BCUT2D eigenvalue weighted by atomic mass is 16.5.